The number of aliphatic imine (C=N–C) groups is 2. The molecule has 0 heterocycles. The van der Waals surface area contributed by atoms with Crippen LogP contribution in [0.5, 0.6) is 0 Å². The molecule has 5 heteroatoms. The molecule has 0 rings (SSSR count). The minimum absolute atomic E-state index is 0.682. The molecule has 0 saturated carbocycles. The molecule has 0 aliphatic carbocycles. The zero-order chi connectivity index (χ0) is 21.5. The van der Waals surface area contributed by atoms with Crippen LogP contribution >= 0.6 is 11.6 Å². The molecule has 0 aliphatic rings. The van der Waals surface area contributed by atoms with E-state index in [1.807, 2.05) is 40.0 Å². The van der Waals surface area contributed by atoms with Gasteiger partial charge in [0.25, 0.3) is 0 Å². The van der Waals surface area contributed by atoms with E-state index in [0.29, 0.717) is 10.7 Å². The van der Waals surface area contributed by atoms with Crippen molar-refractivity contribution in [1.29, 1.82) is 0 Å². The molecule has 0 amide bonds. The molecular weight excluding hydrogens is 368 g/mol. The van der Waals surface area contributed by atoms with Crippen LogP contribution in [0.1, 0.15) is 33.6 Å². The molecule has 0 saturated heterocycles. The number of nitrogens with two attached hydrogens (primary N) is 1. The Morgan fingerprint density at radius 1 is 1.18 bits per heavy atom. The van der Waals surface area contributed by atoms with Gasteiger partial charge in [0.15, 0.2) is 0 Å². The van der Waals surface area contributed by atoms with Crippen LogP contribution in [0.4, 0.5) is 0 Å². The predicted octanol–water partition coefficient (Wildman–Crippen LogP) is 5.59. The summed E-state index contributed by atoms with van der Waals surface area (Å²) in [5.74, 6) is 0. The first kappa shape index (κ1) is 25.6. The SMILES string of the molecule is C=N/C=C(/C)C=NC(=C)\C(CCCNC)=C(C)/C(=C/C=C(\C)Cl)C(=C)/C=C\N. The molecule has 0 unspecified atom stereocenters. The minimum Gasteiger partial charge on any atom is -0.405 e. The highest BCUT2D eigenvalue weighted by molar-refractivity contribution is 6.29. The summed E-state index contributed by atoms with van der Waals surface area (Å²) in [4.78, 5) is 8.29. The van der Waals surface area contributed by atoms with Crippen molar-refractivity contribution in [1.82, 2.24) is 5.32 Å². The van der Waals surface area contributed by atoms with Crippen LogP contribution in [0, 0.1) is 0 Å². The lowest BCUT2D eigenvalue weighted by atomic mass is 9.91. The van der Waals surface area contributed by atoms with Crippen LogP contribution in [-0.4, -0.2) is 26.5 Å². The second-order valence-electron chi connectivity index (χ2n) is 6.29. The first-order valence-electron chi connectivity index (χ1n) is 9.10. The number of nitrogens with zero attached hydrogens (tertiary/aromatic N) is 2. The van der Waals surface area contributed by atoms with E-state index in [1.54, 1.807) is 18.5 Å². The molecule has 0 radical (unpaired) electrons. The van der Waals surface area contributed by atoms with E-state index in [0.717, 1.165) is 47.3 Å². The summed E-state index contributed by atoms with van der Waals surface area (Å²) in [6.45, 7) is 18.5. The fraction of sp³-hybridized carbons (Fsp3) is 0.304. The quantitative estimate of drug-likeness (QED) is 0.255. The van der Waals surface area contributed by atoms with Gasteiger partial charge >= 0.3 is 0 Å². The fourth-order valence-corrected chi connectivity index (χ4v) is 2.53. The van der Waals surface area contributed by atoms with Crippen LogP contribution in [0.3, 0.4) is 0 Å². The zero-order valence-corrected chi connectivity index (χ0v) is 18.3. The van der Waals surface area contributed by atoms with Crippen molar-refractivity contribution >= 4 is 24.5 Å². The summed E-state index contributed by atoms with van der Waals surface area (Å²) in [5, 5.41) is 3.86. The van der Waals surface area contributed by atoms with Gasteiger partial charge in [0.2, 0.25) is 0 Å². The molecule has 0 aromatic carbocycles. The maximum absolute atomic E-state index is 6.03. The topological polar surface area (TPSA) is 62.8 Å². The highest BCUT2D eigenvalue weighted by Crippen LogP contribution is 2.29. The Hall–Kier alpha value is -2.43. The molecule has 4 nitrogen and oxygen atoms in total. The third-order valence-corrected chi connectivity index (χ3v) is 4.03. The number of hydrogen-bond donors (Lipinski definition) is 2. The number of hydrogen-bond acceptors (Lipinski definition) is 4. The third kappa shape index (κ3) is 10.0. The van der Waals surface area contributed by atoms with Gasteiger partial charge in [-0.2, -0.15) is 0 Å². The van der Waals surface area contributed by atoms with Crippen LogP contribution in [0.25, 0.3) is 0 Å². The maximum Gasteiger partial charge on any atom is 0.0592 e. The largest absolute Gasteiger partial charge is 0.405 e. The van der Waals surface area contributed by atoms with Crippen LogP contribution in [0.15, 0.2) is 92.4 Å². The Kier molecular flexibility index (Phi) is 13.3. The first-order valence-corrected chi connectivity index (χ1v) is 9.48. The Bertz CT molecular complexity index is 743. The summed E-state index contributed by atoms with van der Waals surface area (Å²) < 4.78 is 0. The number of allylic oxidation sites excluding steroid dienone is 9. The molecule has 0 atom stereocenters. The second-order valence-corrected chi connectivity index (χ2v) is 6.89. The van der Waals surface area contributed by atoms with Crippen molar-refractivity contribution in [3.8, 4) is 0 Å². The molecule has 0 aliphatic heterocycles. The predicted molar refractivity (Wildman–Crippen MR) is 127 cm³/mol. The van der Waals surface area contributed by atoms with Crippen molar-refractivity contribution in [3.63, 3.8) is 0 Å². The molecular formula is C23H33ClN4. The van der Waals surface area contributed by atoms with Crippen LogP contribution in [0.2, 0.25) is 0 Å². The standard InChI is InChI=1S/C23H33ClN4/c1-17(15-27-7)16-28-21(5)23(9-8-14-26-6)20(4)22(11-10-19(3)24)18(2)12-13-25/h10-13,15-16,26H,2,5,7-9,14,25H2,1,3-4,6H3/b13-12-,17-15-,19-10+,22-11+,23-20-,28-16?. The van der Waals surface area contributed by atoms with E-state index < -0.39 is 0 Å². The second kappa shape index (κ2) is 14.6. The molecule has 152 valence electrons. The third-order valence-electron chi connectivity index (χ3n) is 3.90. The summed E-state index contributed by atoms with van der Waals surface area (Å²) >= 11 is 6.03. The highest BCUT2D eigenvalue weighted by atomic mass is 35.5. The van der Waals surface area contributed by atoms with Gasteiger partial charge in [0.1, 0.15) is 0 Å². The van der Waals surface area contributed by atoms with E-state index in [2.05, 4.69) is 35.2 Å². The molecule has 0 aromatic rings. The van der Waals surface area contributed by atoms with E-state index in [9.17, 15) is 0 Å². The van der Waals surface area contributed by atoms with Gasteiger partial charge in [-0.3, -0.25) is 9.98 Å². The monoisotopic (exact) mass is 400 g/mol. The Labute approximate surface area is 175 Å². The maximum atomic E-state index is 6.03. The van der Waals surface area contributed by atoms with E-state index in [-0.39, 0.29) is 0 Å². The Morgan fingerprint density at radius 2 is 1.86 bits per heavy atom. The number of halogens is 1. The van der Waals surface area contributed by atoms with E-state index in [1.165, 1.54) is 6.20 Å². The minimum atomic E-state index is 0.682. The van der Waals surface area contributed by atoms with E-state index >= 15 is 0 Å². The van der Waals surface area contributed by atoms with Crippen LogP contribution in [-0.2, 0) is 0 Å². The van der Waals surface area contributed by atoms with Crippen LogP contribution < -0.4 is 11.1 Å². The summed E-state index contributed by atoms with van der Waals surface area (Å²) in [5.41, 5.74) is 11.0. The molecule has 0 fully saturated rings. The lowest BCUT2D eigenvalue weighted by Gasteiger charge is -2.16. The molecule has 3 N–H and O–H groups in total. The molecule has 0 aromatic heterocycles. The lowest BCUT2D eigenvalue weighted by molar-refractivity contribution is 0.720. The van der Waals surface area contributed by atoms with Gasteiger partial charge in [-0.1, -0.05) is 30.8 Å². The van der Waals surface area contributed by atoms with Crippen molar-refractivity contribution in [2.75, 3.05) is 13.6 Å². The Balaban J connectivity index is 6.22. The van der Waals surface area contributed by atoms with Crippen molar-refractivity contribution < 1.29 is 0 Å². The lowest BCUT2D eigenvalue weighted by Crippen LogP contribution is -2.08. The average Bonchev–Trinajstić information content (AvgIpc) is 2.63. The first-order chi connectivity index (χ1) is 13.3. The summed E-state index contributed by atoms with van der Waals surface area (Å²) in [7, 11) is 1.94. The summed E-state index contributed by atoms with van der Waals surface area (Å²) in [6, 6.07) is 0. The normalized spacial score (nSPS) is 14.5. The number of rotatable bonds is 12. The average molecular weight is 401 g/mol. The molecule has 0 spiro atoms. The highest BCUT2D eigenvalue weighted by Gasteiger charge is 2.12. The van der Waals surface area contributed by atoms with Crippen molar-refractivity contribution in [2.24, 2.45) is 15.7 Å². The van der Waals surface area contributed by atoms with Gasteiger partial charge in [0.05, 0.1) is 5.70 Å². The smallest absolute Gasteiger partial charge is 0.0592 e. The van der Waals surface area contributed by atoms with Gasteiger partial charge < -0.3 is 11.1 Å². The Morgan fingerprint density at radius 3 is 2.39 bits per heavy atom. The van der Waals surface area contributed by atoms with Crippen molar-refractivity contribution in [2.45, 2.75) is 33.6 Å². The van der Waals surface area contributed by atoms with Gasteiger partial charge in [-0.25, -0.2) is 0 Å². The van der Waals surface area contributed by atoms with Gasteiger partial charge in [-0.15, -0.1) is 0 Å². The summed E-state index contributed by atoms with van der Waals surface area (Å²) in [6.07, 6.45) is 12.2. The fourth-order valence-electron chi connectivity index (χ4n) is 2.46. The molecule has 0 bridgehead atoms. The van der Waals surface area contributed by atoms with Gasteiger partial charge in [-0.05, 0) is 100 Å². The zero-order valence-electron chi connectivity index (χ0n) is 17.6. The van der Waals surface area contributed by atoms with Gasteiger partial charge in [0, 0.05) is 17.4 Å². The van der Waals surface area contributed by atoms with Crippen molar-refractivity contribution in [3.05, 3.63) is 82.4 Å². The van der Waals surface area contributed by atoms with E-state index in [4.69, 9.17) is 17.3 Å². The molecule has 28 heavy (non-hydrogen) atoms. The number of nitrogens with one attached hydrogen (secondary N) is 1.